The van der Waals surface area contributed by atoms with Gasteiger partial charge in [0.2, 0.25) is 0 Å². The largest absolute Gasteiger partial charge is 0.416 e. The Labute approximate surface area is 198 Å². The second kappa shape index (κ2) is 8.68. The van der Waals surface area contributed by atoms with Gasteiger partial charge in [-0.05, 0) is 47.9 Å². The molecule has 0 unspecified atom stereocenters. The molecule has 2 amide bonds. The number of benzene rings is 3. The van der Waals surface area contributed by atoms with Gasteiger partial charge in [-0.3, -0.25) is 9.59 Å². The van der Waals surface area contributed by atoms with Crippen LogP contribution in [0.3, 0.4) is 0 Å². The Morgan fingerprint density at radius 2 is 1.50 bits per heavy atom. The number of carbonyl (C=O) groups excluding carboxylic acids is 2. The van der Waals surface area contributed by atoms with Crippen molar-refractivity contribution in [2.24, 2.45) is 0 Å². The minimum absolute atomic E-state index is 0.0941. The van der Waals surface area contributed by atoms with Gasteiger partial charge >= 0.3 is 6.18 Å². The van der Waals surface area contributed by atoms with E-state index in [2.05, 4.69) is 0 Å². The number of anilines is 1. The molecule has 0 saturated heterocycles. The van der Waals surface area contributed by atoms with Crippen LogP contribution in [0.1, 0.15) is 16.7 Å². The lowest BCUT2D eigenvalue weighted by Crippen LogP contribution is -2.37. The molecule has 8 heteroatoms. The molecule has 0 N–H and O–H groups in total. The number of amides is 2. The summed E-state index contributed by atoms with van der Waals surface area (Å²) in [6.45, 7) is 0.973. The summed E-state index contributed by atoms with van der Waals surface area (Å²) in [6, 6.07) is 21.4. The summed E-state index contributed by atoms with van der Waals surface area (Å²) >= 11 is 1.16. The molecule has 34 heavy (non-hydrogen) atoms. The van der Waals surface area contributed by atoms with E-state index in [-0.39, 0.29) is 16.3 Å². The summed E-state index contributed by atoms with van der Waals surface area (Å²) in [5, 5.41) is 0. The van der Waals surface area contributed by atoms with E-state index in [0.717, 1.165) is 39.3 Å². The quantitative estimate of drug-likeness (QED) is 0.453. The Hall–Kier alpha value is -3.52. The summed E-state index contributed by atoms with van der Waals surface area (Å²) in [5.41, 5.74) is 1.46. The predicted molar refractivity (Wildman–Crippen MR) is 124 cm³/mol. The number of rotatable bonds is 4. The fourth-order valence-corrected chi connectivity index (χ4v) is 5.24. The summed E-state index contributed by atoms with van der Waals surface area (Å²) in [7, 11) is 0. The van der Waals surface area contributed by atoms with Crippen LogP contribution < -0.4 is 4.90 Å². The zero-order chi connectivity index (χ0) is 23.9. The van der Waals surface area contributed by atoms with Gasteiger partial charge in [-0.1, -0.05) is 60.3 Å². The fourth-order valence-electron chi connectivity index (χ4n) is 4.22. The zero-order valence-corrected chi connectivity index (χ0v) is 18.7. The second-order valence-corrected chi connectivity index (χ2v) is 9.11. The minimum atomic E-state index is -4.59. The maximum atomic E-state index is 13.6. The number of halogens is 3. The molecule has 2 aliphatic rings. The first-order valence-electron chi connectivity index (χ1n) is 10.7. The Balaban J connectivity index is 1.56. The number of nitrogens with zero attached hydrogens (tertiary/aromatic N) is 2. The Kier molecular flexibility index (Phi) is 5.69. The van der Waals surface area contributed by atoms with Gasteiger partial charge in [-0.15, -0.1) is 0 Å². The fraction of sp³-hybridized carbons (Fsp3) is 0.154. The van der Waals surface area contributed by atoms with Gasteiger partial charge in [0, 0.05) is 18.0 Å². The van der Waals surface area contributed by atoms with Crippen LogP contribution in [-0.2, 0) is 28.7 Å². The third-order valence-corrected chi connectivity index (χ3v) is 6.94. The van der Waals surface area contributed by atoms with Gasteiger partial charge in [-0.25, -0.2) is 4.90 Å². The van der Waals surface area contributed by atoms with Crippen molar-refractivity contribution in [2.45, 2.75) is 24.0 Å². The first kappa shape index (κ1) is 22.3. The smallest absolute Gasteiger partial charge is 0.361 e. The van der Waals surface area contributed by atoms with E-state index in [1.54, 1.807) is 0 Å². The number of carbonyl (C=O) groups is 2. The number of hydrogen-bond acceptors (Lipinski definition) is 4. The molecule has 3 aromatic carbocycles. The number of thioether (sulfide) groups is 1. The van der Waals surface area contributed by atoms with Crippen molar-refractivity contribution in [3.05, 3.63) is 106 Å². The number of imide groups is 1. The molecule has 0 aromatic heterocycles. The molecular weight excluding hydrogens is 461 g/mol. The predicted octanol–water partition coefficient (Wildman–Crippen LogP) is 5.64. The van der Waals surface area contributed by atoms with Crippen LogP contribution in [0.2, 0.25) is 0 Å². The molecule has 172 valence electrons. The second-order valence-electron chi connectivity index (χ2n) is 8.03. The molecule has 0 spiro atoms. The van der Waals surface area contributed by atoms with E-state index in [1.807, 2.05) is 59.5 Å². The molecule has 0 fully saturated rings. The van der Waals surface area contributed by atoms with E-state index in [9.17, 15) is 22.8 Å². The van der Waals surface area contributed by atoms with E-state index in [0.29, 0.717) is 19.5 Å². The molecule has 3 aromatic rings. The van der Waals surface area contributed by atoms with Crippen LogP contribution in [0.25, 0.3) is 0 Å². The highest BCUT2D eigenvalue weighted by Gasteiger charge is 2.43. The molecule has 5 rings (SSSR count). The standard InChI is InChI=1S/C26H19F3N2O2S/c27-26(28,29)19-9-6-10-20(15-19)31-24(32)22(23(25(31)33)34-21-11-2-1-3-12-21)30-14-13-17-7-4-5-8-18(17)16-30/h1-12,15H,13-14,16H2. The molecule has 2 heterocycles. The van der Waals surface area contributed by atoms with Gasteiger partial charge in [-0.2, -0.15) is 13.2 Å². The summed E-state index contributed by atoms with van der Waals surface area (Å²) in [4.78, 5) is 30.8. The van der Waals surface area contributed by atoms with Crippen molar-refractivity contribution in [1.29, 1.82) is 0 Å². The van der Waals surface area contributed by atoms with Crippen molar-refractivity contribution in [2.75, 3.05) is 11.4 Å². The van der Waals surface area contributed by atoms with Crippen LogP contribution in [0, 0.1) is 0 Å². The van der Waals surface area contributed by atoms with Crippen molar-refractivity contribution < 1.29 is 22.8 Å². The molecule has 4 nitrogen and oxygen atoms in total. The average molecular weight is 481 g/mol. The van der Waals surface area contributed by atoms with Crippen LogP contribution in [0.5, 0.6) is 0 Å². The Morgan fingerprint density at radius 1 is 0.794 bits per heavy atom. The third kappa shape index (κ3) is 4.09. The van der Waals surface area contributed by atoms with E-state index < -0.39 is 23.6 Å². The highest BCUT2D eigenvalue weighted by Crippen LogP contribution is 2.41. The monoisotopic (exact) mass is 480 g/mol. The Morgan fingerprint density at radius 3 is 2.24 bits per heavy atom. The van der Waals surface area contributed by atoms with Crippen LogP contribution in [0.4, 0.5) is 18.9 Å². The van der Waals surface area contributed by atoms with Gasteiger partial charge in [0.05, 0.1) is 11.3 Å². The highest BCUT2D eigenvalue weighted by atomic mass is 32.2. The molecule has 0 atom stereocenters. The topological polar surface area (TPSA) is 40.6 Å². The number of alkyl halides is 3. The van der Waals surface area contributed by atoms with Crippen molar-refractivity contribution in [3.63, 3.8) is 0 Å². The van der Waals surface area contributed by atoms with Gasteiger partial charge in [0.1, 0.15) is 10.6 Å². The van der Waals surface area contributed by atoms with Gasteiger partial charge < -0.3 is 4.90 Å². The highest BCUT2D eigenvalue weighted by molar-refractivity contribution is 8.04. The van der Waals surface area contributed by atoms with Gasteiger partial charge in [0.25, 0.3) is 11.8 Å². The molecule has 0 bridgehead atoms. The maximum Gasteiger partial charge on any atom is 0.416 e. The van der Waals surface area contributed by atoms with E-state index in [4.69, 9.17) is 0 Å². The first-order chi connectivity index (χ1) is 16.3. The van der Waals surface area contributed by atoms with Crippen LogP contribution in [-0.4, -0.2) is 23.3 Å². The van der Waals surface area contributed by atoms with Gasteiger partial charge in [0.15, 0.2) is 0 Å². The minimum Gasteiger partial charge on any atom is -0.361 e. The van der Waals surface area contributed by atoms with Crippen molar-refractivity contribution in [1.82, 2.24) is 4.90 Å². The average Bonchev–Trinajstić information content (AvgIpc) is 3.08. The molecular formula is C26H19F3N2O2S. The van der Waals surface area contributed by atoms with Crippen LogP contribution >= 0.6 is 11.8 Å². The van der Waals surface area contributed by atoms with E-state index in [1.165, 1.54) is 17.7 Å². The zero-order valence-electron chi connectivity index (χ0n) is 17.9. The first-order valence-corrected chi connectivity index (χ1v) is 11.5. The normalized spacial score (nSPS) is 16.3. The van der Waals surface area contributed by atoms with Crippen LogP contribution in [0.15, 0.2) is 94.4 Å². The molecule has 0 aliphatic carbocycles. The summed E-state index contributed by atoms with van der Waals surface area (Å²) < 4.78 is 39.9. The lowest BCUT2D eigenvalue weighted by atomic mass is 9.99. The lowest BCUT2D eigenvalue weighted by Gasteiger charge is -2.31. The van der Waals surface area contributed by atoms with E-state index >= 15 is 0 Å². The maximum absolute atomic E-state index is 13.6. The van der Waals surface area contributed by atoms with Crippen molar-refractivity contribution in [3.8, 4) is 0 Å². The Bertz CT molecular complexity index is 1300. The third-order valence-electron chi connectivity index (χ3n) is 5.86. The van der Waals surface area contributed by atoms with Crippen molar-refractivity contribution >= 4 is 29.3 Å². The SMILES string of the molecule is O=C1C(Sc2ccccc2)=C(N2CCc3ccccc3C2)C(=O)N1c1cccc(C(F)(F)F)c1. The number of fused-ring (bicyclic) bond motifs is 1. The summed E-state index contributed by atoms with van der Waals surface area (Å²) in [5.74, 6) is -1.23. The number of hydrogen-bond donors (Lipinski definition) is 0. The molecule has 2 aliphatic heterocycles. The summed E-state index contributed by atoms with van der Waals surface area (Å²) in [6.07, 6.45) is -3.88. The lowest BCUT2D eigenvalue weighted by molar-refractivity contribution is -0.137. The molecule has 0 saturated carbocycles. The molecule has 0 radical (unpaired) electrons.